The topological polar surface area (TPSA) is 54.0 Å². The SMILES string of the molecule is CCc1cc(C(=O)NC2CCSCC2)cc(NC)n1. The van der Waals surface area contributed by atoms with E-state index < -0.39 is 0 Å². The third-order valence-corrected chi connectivity index (χ3v) is 4.36. The molecule has 1 saturated heterocycles. The van der Waals surface area contributed by atoms with Crippen molar-refractivity contribution < 1.29 is 4.79 Å². The van der Waals surface area contributed by atoms with Crippen LogP contribution in [0, 0.1) is 0 Å². The Hall–Kier alpha value is -1.23. The van der Waals surface area contributed by atoms with Crippen LogP contribution in [0.5, 0.6) is 0 Å². The lowest BCUT2D eigenvalue weighted by Gasteiger charge is -2.22. The normalized spacial score (nSPS) is 16.1. The van der Waals surface area contributed by atoms with Gasteiger partial charge in [0.2, 0.25) is 0 Å². The van der Waals surface area contributed by atoms with Crippen molar-refractivity contribution in [1.29, 1.82) is 0 Å². The fraction of sp³-hybridized carbons (Fsp3) is 0.571. The number of hydrogen-bond donors (Lipinski definition) is 2. The molecule has 1 aliphatic heterocycles. The van der Waals surface area contributed by atoms with Gasteiger partial charge in [-0.1, -0.05) is 6.92 Å². The predicted molar refractivity (Wildman–Crippen MR) is 81.0 cm³/mol. The van der Waals surface area contributed by atoms with Crippen molar-refractivity contribution in [2.24, 2.45) is 0 Å². The summed E-state index contributed by atoms with van der Waals surface area (Å²) in [6.07, 6.45) is 2.97. The zero-order valence-electron chi connectivity index (χ0n) is 11.5. The van der Waals surface area contributed by atoms with Crippen molar-refractivity contribution in [3.8, 4) is 0 Å². The molecule has 0 unspecified atom stereocenters. The van der Waals surface area contributed by atoms with Gasteiger partial charge in [0, 0.05) is 24.3 Å². The van der Waals surface area contributed by atoms with E-state index in [-0.39, 0.29) is 5.91 Å². The number of thioether (sulfide) groups is 1. The number of hydrogen-bond acceptors (Lipinski definition) is 4. The molecule has 0 aromatic carbocycles. The lowest BCUT2D eigenvalue weighted by atomic mass is 10.1. The van der Waals surface area contributed by atoms with Gasteiger partial charge in [-0.05, 0) is 42.9 Å². The minimum atomic E-state index is 0.0190. The van der Waals surface area contributed by atoms with E-state index in [2.05, 4.69) is 15.6 Å². The molecule has 1 fully saturated rings. The molecule has 104 valence electrons. The molecule has 0 spiro atoms. The molecule has 0 saturated carbocycles. The van der Waals surface area contributed by atoms with E-state index >= 15 is 0 Å². The maximum Gasteiger partial charge on any atom is 0.251 e. The predicted octanol–water partition coefficient (Wildman–Crippen LogP) is 2.31. The number of aromatic nitrogens is 1. The Balaban J connectivity index is 2.08. The molecule has 0 aliphatic carbocycles. The Labute approximate surface area is 118 Å². The molecule has 0 atom stereocenters. The van der Waals surface area contributed by atoms with Crippen LogP contribution < -0.4 is 10.6 Å². The molecule has 0 bridgehead atoms. The van der Waals surface area contributed by atoms with Crippen molar-refractivity contribution >= 4 is 23.5 Å². The van der Waals surface area contributed by atoms with Crippen LogP contribution in [-0.4, -0.2) is 35.5 Å². The number of carbonyl (C=O) groups is 1. The molecule has 2 rings (SSSR count). The molecule has 2 N–H and O–H groups in total. The number of nitrogens with one attached hydrogen (secondary N) is 2. The number of amides is 1. The fourth-order valence-corrected chi connectivity index (χ4v) is 3.25. The highest BCUT2D eigenvalue weighted by Gasteiger charge is 2.17. The summed E-state index contributed by atoms with van der Waals surface area (Å²) in [5, 5.41) is 6.14. The molecular formula is C14H21N3OS. The standard InChI is InChI=1S/C14H21N3OS/c1-3-11-8-10(9-13(15-2)16-11)14(18)17-12-4-6-19-7-5-12/h8-9,12H,3-7H2,1-2H3,(H,15,16)(H,17,18). The van der Waals surface area contributed by atoms with E-state index in [9.17, 15) is 4.79 Å². The number of carbonyl (C=O) groups excluding carboxylic acids is 1. The Bertz CT molecular complexity index is 422. The molecule has 1 aromatic rings. The zero-order valence-corrected chi connectivity index (χ0v) is 12.3. The maximum atomic E-state index is 12.3. The quantitative estimate of drug-likeness (QED) is 0.888. The van der Waals surface area contributed by atoms with Gasteiger partial charge in [-0.3, -0.25) is 4.79 Å². The third-order valence-electron chi connectivity index (χ3n) is 3.32. The summed E-state index contributed by atoms with van der Waals surface area (Å²) in [5.41, 5.74) is 1.64. The van der Waals surface area contributed by atoms with Gasteiger partial charge in [0.25, 0.3) is 5.91 Å². The Morgan fingerprint density at radius 3 is 2.79 bits per heavy atom. The molecular weight excluding hydrogens is 258 g/mol. The number of pyridine rings is 1. The summed E-state index contributed by atoms with van der Waals surface area (Å²) in [7, 11) is 1.82. The summed E-state index contributed by atoms with van der Waals surface area (Å²) in [5.74, 6) is 3.06. The Morgan fingerprint density at radius 1 is 1.42 bits per heavy atom. The molecule has 4 nitrogen and oxygen atoms in total. The van der Waals surface area contributed by atoms with Crippen LogP contribution in [0.15, 0.2) is 12.1 Å². The summed E-state index contributed by atoms with van der Waals surface area (Å²) >= 11 is 1.96. The largest absolute Gasteiger partial charge is 0.373 e. The summed E-state index contributed by atoms with van der Waals surface area (Å²) in [4.78, 5) is 16.7. The van der Waals surface area contributed by atoms with Gasteiger partial charge in [-0.25, -0.2) is 4.98 Å². The van der Waals surface area contributed by atoms with Crippen molar-refractivity contribution in [2.75, 3.05) is 23.9 Å². The molecule has 1 amide bonds. The Morgan fingerprint density at radius 2 is 2.16 bits per heavy atom. The Kier molecular flexibility index (Phi) is 5.07. The lowest BCUT2D eigenvalue weighted by Crippen LogP contribution is -2.37. The van der Waals surface area contributed by atoms with Crippen LogP contribution in [0.1, 0.15) is 35.8 Å². The summed E-state index contributed by atoms with van der Waals surface area (Å²) in [6.45, 7) is 2.04. The van der Waals surface area contributed by atoms with Gasteiger partial charge in [0.15, 0.2) is 0 Å². The number of anilines is 1. The van der Waals surface area contributed by atoms with E-state index in [1.54, 1.807) is 0 Å². The molecule has 1 aromatic heterocycles. The van der Waals surface area contributed by atoms with Crippen molar-refractivity contribution in [1.82, 2.24) is 10.3 Å². The zero-order chi connectivity index (χ0) is 13.7. The van der Waals surface area contributed by atoms with Crippen LogP contribution in [0.4, 0.5) is 5.82 Å². The highest BCUT2D eigenvalue weighted by atomic mass is 32.2. The van der Waals surface area contributed by atoms with Crippen molar-refractivity contribution in [2.45, 2.75) is 32.2 Å². The molecule has 19 heavy (non-hydrogen) atoms. The lowest BCUT2D eigenvalue weighted by molar-refractivity contribution is 0.0934. The first-order valence-corrected chi connectivity index (χ1v) is 7.95. The third kappa shape index (κ3) is 3.86. The highest BCUT2D eigenvalue weighted by Crippen LogP contribution is 2.18. The van der Waals surface area contributed by atoms with Gasteiger partial charge in [-0.15, -0.1) is 0 Å². The number of rotatable bonds is 4. The smallest absolute Gasteiger partial charge is 0.251 e. The maximum absolute atomic E-state index is 12.3. The van der Waals surface area contributed by atoms with E-state index in [0.29, 0.717) is 11.6 Å². The molecule has 1 aliphatic rings. The van der Waals surface area contributed by atoms with Gasteiger partial charge in [-0.2, -0.15) is 11.8 Å². The van der Waals surface area contributed by atoms with Crippen molar-refractivity contribution in [3.63, 3.8) is 0 Å². The second-order valence-electron chi connectivity index (χ2n) is 4.70. The van der Waals surface area contributed by atoms with Gasteiger partial charge < -0.3 is 10.6 Å². The average molecular weight is 279 g/mol. The number of aryl methyl sites for hydroxylation is 1. The van der Waals surface area contributed by atoms with Crippen LogP contribution >= 0.6 is 11.8 Å². The van der Waals surface area contributed by atoms with E-state index in [1.807, 2.05) is 37.9 Å². The first-order valence-electron chi connectivity index (χ1n) is 6.80. The minimum Gasteiger partial charge on any atom is -0.373 e. The highest BCUT2D eigenvalue weighted by molar-refractivity contribution is 7.99. The van der Waals surface area contributed by atoms with E-state index in [1.165, 1.54) is 0 Å². The van der Waals surface area contributed by atoms with Gasteiger partial charge in [0.1, 0.15) is 5.82 Å². The average Bonchev–Trinajstić information content (AvgIpc) is 2.47. The monoisotopic (exact) mass is 279 g/mol. The molecule has 5 heteroatoms. The van der Waals surface area contributed by atoms with E-state index in [4.69, 9.17) is 0 Å². The van der Waals surface area contributed by atoms with Crippen LogP contribution in [-0.2, 0) is 6.42 Å². The first-order chi connectivity index (χ1) is 9.22. The first kappa shape index (κ1) is 14.2. The fourth-order valence-electron chi connectivity index (χ4n) is 2.14. The van der Waals surface area contributed by atoms with Crippen LogP contribution in [0.3, 0.4) is 0 Å². The summed E-state index contributed by atoms with van der Waals surface area (Å²) in [6, 6.07) is 4.02. The second-order valence-corrected chi connectivity index (χ2v) is 5.92. The van der Waals surface area contributed by atoms with Crippen LogP contribution in [0.25, 0.3) is 0 Å². The second kappa shape index (κ2) is 6.80. The van der Waals surface area contributed by atoms with E-state index in [0.717, 1.165) is 42.3 Å². The van der Waals surface area contributed by atoms with Crippen LogP contribution in [0.2, 0.25) is 0 Å². The molecule has 0 radical (unpaired) electrons. The minimum absolute atomic E-state index is 0.0190. The van der Waals surface area contributed by atoms with Gasteiger partial charge >= 0.3 is 0 Å². The summed E-state index contributed by atoms with van der Waals surface area (Å²) < 4.78 is 0. The molecule has 2 heterocycles. The van der Waals surface area contributed by atoms with Crippen molar-refractivity contribution in [3.05, 3.63) is 23.4 Å². The van der Waals surface area contributed by atoms with Gasteiger partial charge in [0.05, 0.1) is 0 Å². The number of nitrogens with zero attached hydrogens (tertiary/aromatic N) is 1.